The Hall–Kier alpha value is -3.33. The van der Waals surface area contributed by atoms with Crippen molar-refractivity contribution >= 4 is 17.6 Å². The van der Waals surface area contributed by atoms with E-state index in [-0.39, 0.29) is 0 Å². The fourth-order valence-electron chi connectivity index (χ4n) is 2.14. The zero-order valence-corrected chi connectivity index (χ0v) is 14.9. The highest BCUT2D eigenvalue weighted by Crippen LogP contribution is 2.15. The Morgan fingerprint density at radius 1 is 1.08 bits per heavy atom. The van der Waals surface area contributed by atoms with Crippen LogP contribution in [0.15, 0.2) is 48.5 Å². The van der Waals surface area contributed by atoms with Crippen LogP contribution in [0.1, 0.15) is 25.0 Å². The van der Waals surface area contributed by atoms with E-state index in [1.807, 2.05) is 31.2 Å². The highest BCUT2D eigenvalue weighted by Gasteiger charge is 2.23. The van der Waals surface area contributed by atoms with E-state index in [4.69, 9.17) is 14.7 Å². The molecule has 0 heterocycles. The summed E-state index contributed by atoms with van der Waals surface area (Å²) in [6, 6.07) is 15.7. The first kappa shape index (κ1) is 19.0. The van der Waals surface area contributed by atoms with Crippen molar-refractivity contribution < 1.29 is 19.1 Å². The lowest BCUT2D eigenvalue weighted by Gasteiger charge is -2.18. The second kappa shape index (κ2) is 8.67. The van der Waals surface area contributed by atoms with Crippen LogP contribution in [0.2, 0.25) is 0 Å². The lowest BCUT2D eigenvalue weighted by molar-refractivity contribution is -0.159. The average Bonchev–Trinajstić information content (AvgIpc) is 2.62. The van der Waals surface area contributed by atoms with Gasteiger partial charge in [0, 0.05) is 5.69 Å². The van der Waals surface area contributed by atoms with Crippen LogP contribution in [0.5, 0.6) is 5.75 Å². The largest absolute Gasteiger partial charge is 0.479 e. The van der Waals surface area contributed by atoms with E-state index in [0.717, 1.165) is 5.56 Å². The molecule has 26 heavy (non-hydrogen) atoms. The number of anilines is 1. The van der Waals surface area contributed by atoms with E-state index in [0.29, 0.717) is 17.0 Å². The smallest absolute Gasteiger partial charge is 0.347 e. The van der Waals surface area contributed by atoms with Crippen LogP contribution in [0.25, 0.3) is 0 Å². The molecular weight excluding hydrogens is 332 g/mol. The van der Waals surface area contributed by atoms with Crippen LogP contribution in [-0.4, -0.2) is 24.1 Å². The van der Waals surface area contributed by atoms with Gasteiger partial charge in [0.2, 0.25) is 0 Å². The van der Waals surface area contributed by atoms with E-state index in [2.05, 4.69) is 5.32 Å². The zero-order chi connectivity index (χ0) is 19.1. The van der Waals surface area contributed by atoms with Gasteiger partial charge in [-0.3, -0.25) is 4.79 Å². The monoisotopic (exact) mass is 352 g/mol. The summed E-state index contributed by atoms with van der Waals surface area (Å²) in [5.41, 5.74) is 2.02. The molecular formula is C20H20N2O4. The lowest BCUT2D eigenvalue weighted by atomic mass is 10.2. The number of amides is 1. The number of carbonyl (C=O) groups excluding carboxylic acids is 2. The van der Waals surface area contributed by atoms with Crippen molar-refractivity contribution in [1.82, 2.24) is 0 Å². The predicted octanol–water partition coefficient (Wildman–Crippen LogP) is 3.20. The normalized spacial score (nSPS) is 12.4. The highest BCUT2D eigenvalue weighted by atomic mass is 16.6. The van der Waals surface area contributed by atoms with Gasteiger partial charge in [-0.05, 0) is 62.7 Å². The van der Waals surface area contributed by atoms with Crippen molar-refractivity contribution in [2.24, 2.45) is 0 Å². The number of ether oxygens (including phenoxy) is 2. The zero-order valence-electron chi connectivity index (χ0n) is 14.9. The van der Waals surface area contributed by atoms with Gasteiger partial charge >= 0.3 is 5.97 Å². The van der Waals surface area contributed by atoms with Crippen LogP contribution < -0.4 is 10.1 Å². The molecule has 0 saturated heterocycles. The van der Waals surface area contributed by atoms with Crippen LogP contribution >= 0.6 is 0 Å². The molecule has 2 aromatic rings. The van der Waals surface area contributed by atoms with E-state index in [1.165, 1.54) is 6.92 Å². The molecule has 134 valence electrons. The fourth-order valence-corrected chi connectivity index (χ4v) is 2.14. The average molecular weight is 352 g/mol. The van der Waals surface area contributed by atoms with Crippen LogP contribution in [0, 0.1) is 18.3 Å². The Morgan fingerprint density at radius 3 is 2.38 bits per heavy atom. The van der Waals surface area contributed by atoms with Crippen LogP contribution in [-0.2, 0) is 14.3 Å². The van der Waals surface area contributed by atoms with Gasteiger partial charge in [0.15, 0.2) is 12.2 Å². The summed E-state index contributed by atoms with van der Waals surface area (Å²) >= 11 is 0. The summed E-state index contributed by atoms with van der Waals surface area (Å²) in [5.74, 6) is -0.538. The van der Waals surface area contributed by atoms with Gasteiger partial charge < -0.3 is 14.8 Å². The number of carbonyl (C=O) groups is 2. The lowest BCUT2D eigenvalue weighted by Crippen LogP contribution is -2.35. The number of hydrogen-bond donors (Lipinski definition) is 1. The summed E-state index contributed by atoms with van der Waals surface area (Å²) in [5, 5.41) is 11.4. The molecule has 0 aliphatic carbocycles. The molecule has 0 bridgehead atoms. The summed E-state index contributed by atoms with van der Waals surface area (Å²) in [6.45, 7) is 4.97. The number of nitriles is 1. The van der Waals surface area contributed by atoms with Crippen molar-refractivity contribution in [3.8, 4) is 11.8 Å². The SMILES string of the molecule is Cc1cccc(O[C@@H](C)C(=O)O[C@@H](C)C(=O)Nc2ccc(C#N)cc2)c1. The third-order valence-corrected chi connectivity index (χ3v) is 3.58. The maximum Gasteiger partial charge on any atom is 0.347 e. The molecule has 2 atom stereocenters. The Morgan fingerprint density at radius 2 is 1.77 bits per heavy atom. The molecule has 0 spiro atoms. The van der Waals surface area contributed by atoms with Crippen molar-refractivity contribution in [2.45, 2.75) is 33.0 Å². The second-order valence-electron chi connectivity index (χ2n) is 5.83. The van der Waals surface area contributed by atoms with E-state index < -0.39 is 24.1 Å². The Labute approximate surface area is 152 Å². The maximum absolute atomic E-state index is 12.1. The first-order valence-corrected chi connectivity index (χ1v) is 8.14. The molecule has 6 heteroatoms. The summed E-state index contributed by atoms with van der Waals surface area (Å²) in [6.07, 6.45) is -1.83. The topological polar surface area (TPSA) is 88.4 Å². The maximum atomic E-state index is 12.1. The molecule has 2 aromatic carbocycles. The number of aryl methyl sites for hydroxylation is 1. The summed E-state index contributed by atoms with van der Waals surface area (Å²) in [4.78, 5) is 24.3. The first-order chi connectivity index (χ1) is 12.4. The third-order valence-electron chi connectivity index (χ3n) is 3.58. The van der Waals surface area contributed by atoms with Crippen molar-refractivity contribution in [3.63, 3.8) is 0 Å². The summed E-state index contributed by atoms with van der Waals surface area (Å²) in [7, 11) is 0. The number of rotatable bonds is 6. The molecule has 0 fully saturated rings. The van der Waals surface area contributed by atoms with Gasteiger partial charge in [0.1, 0.15) is 5.75 Å². The Bertz CT molecular complexity index is 824. The quantitative estimate of drug-likeness (QED) is 0.807. The van der Waals surface area contributed by atoms with Gasteiger partial charge in [0.05, 0.1) is 11.6 Å². The predicted molar refractivity (Wildman–Crippen MR) is 96.6 cm³/mol. The molecule has 1 amide bonds. The summed E-state index contributed by atoms with van der Waals surface area (Å²) < 4.78 is 10.7. The second-order valence-corrected chi connectivity index (χ2v) is 5.83. The van der Waals surface area contributed by atoms with Crippen molar-refractivity contribution in [3.05, 3.63) is 59.7 Å². The minimum absolute atomic E-state index is 0.467. The molecule has 0 aliphatic rings. The standard InChI is InChI=1S/C20H20N2O4/c1-13-5-4-6-18(11-13)25-15(3)20(24)26-14(2)19(23)22-17-9-7-16(12-21)8-10-17/h4-11,14-15H,1-3H3,(H,22,23)/t14-,15-/m0/s1. The molecule has 0 aliphatic heterocycles. The van der Waals surface area contributed by atoms with Crippen molar-refractivity contribution in [1.29, 1.82) is 5.26 Å². The van der Waals surface area contributed by atoms with Crippen LogP contribution in [0.4, 0.5) is 5.69 Å². The molecule has 1 N–H and O–H groups in total. The van der Waals surface area contributed by atoms with E-state index in [1.54, 1.807) is 37.3 Å². The van der Waals surface area contributed by atoms with Gasteiger partial charge in [-0.1, -0.05) is 12.1 Å². The van der Waals surface area contributed by atoms with Crippen LogP contribution in [0.3, 0.4) is 0 Å². The molecule has 0 saturated carbocycles. The molecule has 0 aromatic heterocycles. The van der Waals surface area contributed by atoms with Gasteiger partial charge in [-0.2, -0.15) is 5.26 Å². The number of hydrogen-bond acceptors (Lipinski definition) is 5. The Kier molecular flexibility index (Phi) is 6.34. The van der Waals surface area contributed by atoms with E-state index in [9.17, 15) is 9.59 Å². The molecule has 0 unspecified atom stereocenters. The minimum atomic E-state index is -0.985. The van der Waals surface area contributed by atoms with E-state index >= 15 is 0 Å². The van der Waals surface area contributed by atoms with Crippen molar-refractivity contribution in [2.75, 3.05) is 5.32 Å². The number of nitrogens with zero attached hydrogens (tertiary/aromatic N) is 1. The fraction of sp³-hybridized carbons (Fsp3) is 0.250. The number of esters is 1. The number of nitrogens with one attached hydrogen (secondary N) is 1. The van der Waals surface area contributed by atoms with Gasteiger partial charge in [0.25, 0.3) is 5.91 Å². The molecule has 0 radical (unpaired) electrons. The first-order valence-electron chi connectivity index (χ1n) is 8.14. The Balaban J connectivity index is 1.88. The van der Waals surface area contributed by atoms with Gasteiger partial charge in [-0.15, -0.1) is 0 Å². The molecule has 2 rings (SSSR count). The number of benzene rings is 2. The molecule has 6 nitrogen and oxygen atoms in total. The highest BCUT2D eigenvalue weighted by molar-refractivity contribution is 5.95. The van der Waals surface area contributed by atoms with Gasteiger partial charge in [-0.25, -0.2) is 4.79 Å². The third kappa shape index (κ3) is 5.35. The minimum Gasteiger partial charge on any atom is -0.479 e.